The van der Waals surface area contributed by atoms with Crippen molar-refractivity contribution < 1.29 is 4.79 Å². The summed E-state index contributed by atoms with van der Waals surface area (Å²) in [5.41, 5.74) is 8.38. The highest BCUT2D eigenvalue weighted by molar-refractivity contribution is 5.72. The van der Waals surface area contributed by atoms with E-state index in [4.69, 9.17) is 5.73 Å². The average Bonchev–Trinajstić information content (AvgIpc) is 2.11. The summed E-state index contributed by atoms with van der Waals surface area (Å²) < 4.78 is 0. The molecule has 0 aromatic carbocycles. The zero-order valence-electron chi connectivity index (χ0n) is 9.79. The molecular weight excluding hydrogens is 190 g/mol. The molecule has 0 aliphatic heterocycles. The van der Waals surface area contributed by atoms with Crippen LogP contribution in [-0.2, 0) is 0 Å². The maximum Gasteiger partial charge on any atom is 0.332 e. The molecule has 0 saturated carbocycles. The van der Waals surface area contributed by atoms with Gasteiger partial charge in [-0.05, 0) is 39.0 Å². The second-order valence-corrected chi connectivity index (χ2v) is 3.99. The quantitative estimate of drug-likeness (QED) is 0.395. The number of allylic oxidation sites excluding steroid dienone is 2. The first-order chi connectivity index (χ1) is 7.02. The highest BCUT2D eigenvalue weighted by Crippen LogP contribution is 2.10. The van der Waals surface area contributed by atoms with E-state index in [1.165, 1.54) is 5.57 Å². The molecule has 4 heteroatoms. The number of rotatable bonds is 6. The summed E-state index contributed by atoms with van der Waals surface area (Å²) in [5, 5.41) is 3.69. The molecule has 1 atom stereocenters. The fraction of sp³-hybridized carbons (Fsp3) is 0.636. The number of carbonyl (C=O) groups is 1. The summed E-state index contributed by atoms with van der Waals surface area (Å²) >= 11 is 0. The molecule has 3 N–H and O–H groups in total. The second kappa shape index (κ2) is 8.03. The summed E-state index contributed by atoms with van der Waals surface area (Å²) in [6, 6.07) is -0.622. The maximum absolute atomic E-state index is 10.3. The molecule has 0 heterocycles. The number of hydrogen-bond acceptors (Lipinski definition) is 2. The minimum absolute atomic E-state index is 0.569. The number of carbonyl (C=O) groups excluding carboxylic acids is 1. The van der Waals surface area contributed by atoms with Crippen LogP contribution in [0.1, 0.15) is 40.0 Å². The van der Waals surface area contributed by atoms with Gasteiger partial charge < -0.3 is 5.73 Å². The van der Waals surface area contributed by atoms with E-state index in [0.29, 0.717) is 5.92 Å². The van der Waals surface area contributed by atoms with Crippen molar-refractivity contribution in [1.82, 2.24) is 5.43 Å². The highest BCUT2D eigenvalue weighted by Gasteiger charge is 1.98. The molecule has 0 bridgehead atoms. The lowest BCUT2D eigenvalue weighted by Gasteiger charge is -2.05. The Morgan fingerprint density at radius 1 is 1.53 bits per heavy atom. The molecule has 0 fully saturated rings. The van der Waals surface area contributed by atoms with Gasteiger partial charge in [0.25, 0.3) is 0 Å². The zero-order valence-corrected chi connectivity index (χ0v) is 9.79. The van der Waals surface area contributed by atoms with E-state index < -0.39 is 6.03 Å². The number of primary amides is 1. The van der Waals surface area contributed by atoms with Crippen molar-refractivity contribution in [1.29, 1.82) is 0 Å². The van der Waals surface area contributed by atoms with Crippen molar-refractivity contribution in [3.63, 3.8) is 0 Å². The van der Waals surface area contributed by atoms with E-state index in [-0.39, 0.29) is 0 Å². The Bertz CT molecular complexity index is 242. The SMILES string of the molecule is CC(C)=CCC[C@@H](C)C/C=N/NC(N)=O. The van der Waals surface area contributed by atoms with Crippen LogP contribution in [0.25, 0.3) is 0 Å². The molecule has 0 radical (unpaired) electrons. The summed E-state index contributed by atoms with van der Waals surface area (Å²) in [6.07, 6.45) is 7.01. The molecular formula is C11H21N3O. The maximum atomic E-state index is 10.3. The van der Waals surface area contributed by atoms with E-state index in [9.17, 15) is 4.79 Å². The first kappa shape index (κ1) is 13.7. The van der Waals surface area contributed by atoms with Gasteiger partial charge in [0.1, 0.15) is 0 Å². The third kappa shape index (κ3) is 10.6. The largest absolute Gasteiger partial charge is 0.350 e. The molecule has 0 aliphatic rings. The van der Waals surface area contributed by atoms with Crippen LogP contribution in [0.4, 0.5) is 4.79 Å². The monoisotopic (exact) mass is 211 g/mol. The summed E-state index contributed by atoms with van der Waals surface area (Å²) in [5.74, 6) is 0.569. The number of nitrogens with zero attached hydrogens (tertiary/aromatic N) is 1. The van der Waals surface area contributed by atoms with Crippen molar-refractivity contribution in [2.75, 3.05) is 0 Å². The lowest BCUT2D eigenvalue weighted by atomic mass is 10.0. The number of hydrogen-bond donors (Lipinski definition) is 2. The number of nitrogens with one attached hydrogen (secondary N) is 1. The Morgan fingerprint density at radius 2 is 2.20 bits per heavy atom. The van der Waals surface area contributed by atoms with Crippen molar-refractivity contribution >= 4 is 12.2 Å². The molecule has 86 valence electrons. The fourth-order valence-electron chi connectivity index (χ4n) is 1.12. The minimum Gasteiger partial charge on any atom is -0.350 e. The zero-order chi connectivity index (χ0) is 11.7. The third-order valence-electron chi connectivity index (χ3n) is 1.99. The predicted octanol–water partition coefficient (Wildman–Crippen LogP) is 2.41. The summed E-state index contributed by atoms with van der Waals surface area (Å²) in [6.45, 7) is 6.36. The molecule has 15 heavy (non-hydrogen) atoms. The van der Waals surface area contributed by atoms with Gasteiger partial charge in [-0.25, -0.2) is 10.2 Å². The van der Waals surface area contributed by atoms with Crippen LogP contribution >= 0.6 is 0 Å². The van der Waals surface area contributed by atoms with Gasteiger partial charge in [-0.15, -0.1) is 0 Å². The van der Waals surface area contributed by atoms with Crippen molar-refractivity contribution in [2.45, 2.75) is 40.0 Å². The first-order valence-electron chi connectivity index (χ1n) is 5.22. The Kier molecular flexibility index (Phi) is 7.32. The number of amides is 2. The van der Waals surface area contributed by atoms with Crippen LogP contribution in [-0.4, -0.2) is 12.2 Å². The minimum atomic E-state index is -0.622. The lowest BCUT2D eigenvalue weighted by molar-refractivity contribution is 0.249. The standard InChI is InChI=1S/C11H21N3O/c1-9(2)5-4-6-10(3)7-8-13-14-11(12)15/h5,8,10H,4,6-7H2,1-3H3,(H3,12,14,15)/b13-8+/t10-/m1/s1. The van der Waals surface area contributed by atoms with Crippen LogP contribution in [0.5, 0.6) is 0 Å². The van der Waals surface area contributed by atoms with E-state index in [1.54, 1.807) is 6.21 Å². The Morgan fingerprint density at radius 3 is 2.73 bits per heavy atom. The normalized spacial score (nSPS) is 12.5. The molecule has 0 rings (SSSR count). The topological polar surface area (TPSA) is 67.5 Å². The fourth-order valence-corrected chi connectivity index (χ4v) is 1.12. The van der Waals surface area contributed by atoms with Gasteiger partial charge in [0.2, 0.25) is 0 Å². The molecule has 0 aromatic rings. The molecule has 0 spiro atoms. The average molecular weight is 211 g/mol. The first-order valence-corrected chi connectivity index (χ1v) is 5.22. The van der Waals surface area contributed by atoms with Gasteiger partial charge >= 0.3 is 6.03 Å². The van der Waals surface area contributed by atoms with Crippen molar-refractivity contribution in [3.05, 3.63) is 11.6 Å². The van der Waals surface area contributed by atoms with Gasteiger partial charge in [0.15, 0.2) is 0 Å². The van der Waals surface area contributed by atoms with E-state index in [0.717, 1.165) is 19.3 Å². The molecule has 4 nitrogen and oxygen atoms in total. The van der Waals surface area contributed by atoms with Gasteiger partial charge in [-0.1, -0.05) is 18.6 Å². The number of nitrogens with two attached hydrogens (primary N) is 1. The van der Waals surface area contributed by atoms with Crippen LogP contribution in [0.2, 0.25) is 0 Å². The highest BCUT2D eigenvalue weighted by atomic mass is 16.2. The molecule has 2 amide bonds. The van der Waals surface area contributed by atoms with Crippen molar-refractivity contribution in [2.24, 2.45) is 16.8 Å². The smallest absolute Gasteiger partial charge is 0.332 e. The van der Waals surface area contributed by atoms with Crippen LogP contribution in [0, 0.1) is 5.92 Å². The van der Waals surface area contributed by atoms with Gasteiger partial charge in [-0.3, -0.25) is 0 Å². The summed E-state index contributed by atoms with van der Waals surface area (Å²) in [7, 11) is 0. The number of hydrazone groups is 1. The van der Waals surface area contributed by atoms with Crippen LogP contribution < -0.4 is 11.2 Å². The van der Waals surface area contributed by atoms with E-state index in [1.807, 2.05) is 0 Å². The Labute approximate surface area is 91.6 Å². The van der Waals surface area contributed by atoms with Crippen LogP contribution in [0.15, 0.2) is 16.8 Å². The molecule has 0 unspecified atom stereocenters. The Hall–Kier alpha value is -1.32. The van der Waals surface area contributed by atoms with Crippen molar-refractivity contribution in [3.8, 4) is 0 Å². The number of urea groups is 1. The molecule has 0 saturated heterocycles. The predicted molar refractivity (Wildman–Crippen MR) is 63.7 cm³/mol. The second-order valence-electron chi connectivity index (χ2n) is 3.99. The van der Waals surface area contributed by atoms with E-state index in [2.05, 4.69) is 37.4 Å². The molecule has 0 aromatic heterocycles. The lowest BCUT2D eigenvalue weighted by Crippen LogP contribution is -2.24. The molecule has 0 aliphatic carbocycles. The van der Waals surface area contributed by atoms with E-state index >= 15 is 0 Å². The summed E-state index contributed by atoms with van der Waals surface area (Å²) in [4.78, 5) is 10.3. The third-order valence-corrected chi connectivity index (χ3v) is 1.99. The van der Waals surface area contributed by atoms with Gasteiger partial charge in [0.05, 0.1) is 0 Å². The van der Waals surface area contributed by atoms with Gasteiger partial charge in [0, 0.05) is 6.21 Å². The van der Waals surface area contributed by atoms with Gasteiger partial charge in [-0.2, -0.15) is 5.10 Å². The van der Waals surface area contributed by atoms with Crippen LogP contribution in [0.3, 0.4) is 0 Å². The Balaban J connectivity index is 3.57.